The van der Waals surface area contributed by atoms with Crippen LogP contribution < -0.4 is 0 Å². The summed E-state index contributed by atoms with van der Waals surface area (Å²) in [5.74, 6) is -2.10. The molecule has 1 aromatic rings. The van der Waals surface area contributed by atoms with Crippen molar-refractivity contribution in [1.82, 2.24) is 0 Å². The van der Waals surface area contributed by atoms with Gasteiger partial charge in [-0.25, -0.2) is 4.39 Å². The Morgan fingerprint density at radius 3 is 2.20 bits per heavy atom. The van der Waals surface area contributed by atoms with Crippen molar-refractivity contribution in [1.29, 1.82) is 0 Å². The van der Waals surface area contributed by atoms with Crippen molar-refractivity contribution in [3.05, 3.63) is 53.9 Å². The lowest BCUT2D eigenvalue weighted by molar-refractivity contribution is -0.108. The van der Waals surface area contributed by atoms with Crippen molar-refractivity contribution in [3.63, 3.8) is 0 Å². The van der Waals surface area contributed by atoms with Gasteiger partial charge >= 0.3 is 6.18 Å². The first-order chi connectivity index (χ1) is 7.00. The Kier molecular flexibility index (Phi) is 3.66. The van der Waals surface area contributed by atoms with E-state index >= 15 is 0 Å². The van der Waals surface area contributed by atoms with Gasteiger partial charge < -0.3 is 0 Å². The Labute approximate surface area is 84.5 Å². The topological polar surface area (TPSA) is 0 Å². The zero-order chi connectivity index (χ0) is 11.3. The molecule has 0 nitrogen and oxygen atoms in total. The second kappa shape index (κ2) is 4.77. The highest BCUT2D eigenvalue weighted by molar-refractivity contribution is 5.50. The maximum atomic E-state index is 12.3. The van der Waals surface area contributed by atoms with Crippen LogP contribution in [0.15, 0.2) is 48.3 Å². The van der Waals surface area contributed by atoms with E-state index in [2.05, 4.69) is 0 Å². The molecule has 80 valence electrons. The van der Waals surface area contributed by atoms with Gasteiger partial charge in [-0.15, -0.1) is 0 Å². The summed E-state index contributed by atoms with van der Waals surface area (Å²) < 4.78 is 47.4. The average Bonchev–Trinajstić information content (AvgIpc) is 2.18. The summed E-state index contributed by atoms with van der Waals surface area (Å²) >= 11 is 0. The number of rotatable bonds is 2. The largest absolute Gasteiger partial charge is 0.442 e. The first kappa shape index (κ1) is 11.5. The number of alkyl halides is 3. The Bertz CT molecular complexity index is 360. The van der Waals surface area contributed by atoms with E-state index in [-0.39, 0.29) is 0 Å². The predicted octanol–water partition coefficient (Wildman–Crippen LogP) is 4.12. The lowest BCUT2D eigenvalue weighted by atomic mass is 10.2. The van der Waals surface area contributed by atoms with Crippen molar-refractivity contribution in [2.45, 2.75) is 6.18 Å². The summed E-state index contributed by atoms with van der Waals surface area (Å²) in [6, 6.07) is 8.67. The number of hydrogen-bond acceptors (Lipinski definition) is 0. The van der Waals surface area contributed by atoms with Crippen molar-refractivity contribution in [2.24, 2.45) is 0 Å². The van der Waals surface area contributed by atoms with Crippen LogP contribution in [0, 0.1) is 0 Å². The number of allylic oxidation sites excluding steroid dienone is 3. The molecule has 4 heteroatoms. The fourth-order valence-corrected chi connectivity index (χ4v) is 0.902. The van der Waals surface area contributed by atoms with E-state index in [9.17, 15) is 17.6 Å². The molecule has 15 heavy (non-hydrogen) atoms. The summed E-state index contributed by atoms with van der Waals surface area (Å²) in [5.41, 5.74) is 0.712. The number of halogens is 4. The molecule has 1 aromatic carbocycles. The zero-order valence-corrected chi connectivity index (χ0v) is 7.63. The normalized spacial score (nSPS) is 13.5. The van der Waals surface area contributed by atoms with Crippen LogP contribution in [-0.2, 0) is 0 Å². The maximum Gasteiger partial charge on any atom is 0.442 e. The number of benzene rings is 1. The van der Waals surface area contributed by atoms with Gasteiger partial charge in [-0.1, -0.05) is 42.5 Å². The summed E-state index contributed by atoms with van der Waals surface area (Å²) in [4.78, 5) is 0. The fraction of sp³-hybridized carbons (Fsp3) is 0.0909. The minimum atomic E-state index is -4.90. The van der Waals surface area contributed by atoms with Crippen molar-refractivity contribution in [2.75, 3.05) is 0 Å². The van der Waals surface area contributed by atoms with Crippen molar-refractivity contribution in [3.8, 4) is 0 Å². The van der Waals surface area contributed by atoms with Crippen LogP contribution >= 0.6 is 0 Å². The molecule has 0 amide bonds. The highest BCUT2D eigenvalue weighted by Gasteiger charge is 2.33. The van der Waals surface area contributed by atoms with E-state index in [0.29, 0.717) is 11.6 Å². The minimum Gasteiger partial charge on any atom is -0.202 e. The zero-order valence-electron chi connectivity index (χ0n) is 7.63. The lowest BCUT2D eigenvalue weighted by Crippen LogP contribution is -2.07. The molecule has 0 aliphatic heterocycles. The molecular formula is C11H8F4. The molecule has 0 heterocycles. The van der Waals surface area contributed by atoms with E-state index in [1.54, 1.807) is 30.3 Å². The molecule has 0 N–H and O–H groups in total. The van der Waals surface area contributed by atoms with Crippen molar-refractivity contribution >= 4 is 6.08 Å². The van der Waals surface area contributed by atoms with Crippen LogP contribution in [0.25, 0.3) is 6.08 Å². The van der Waals surface area contributed by atoms with Crippen LogP contribution in [0.4, 0.5) is 17.6 Å². The third kappa shape index (κ3) is 3.97. The van der Waals surface area contributed by atoms with Gasteiger partial charge in [-0.2, -0.15) is 13.2 Å². The van der Waals surface area contributed by atoms with Gasteiger partial charge in [0.2, 0.25) is 5.83 Å². The van der Waals surface area contributed by atoms with Crippen LogP contribution in [0.5, 0.6) is 0 Å². The highest BCUT2D eigenvalue weighted by Crippen LogP contribution is 2.26. The van der Waals surface area contributed by atoms with Crippen molar-refractivity contribution < 1.29 is 17.6 Å². The molecule has 0 aromatic heterocycles. The first-order valence-electron chi connectivity index (χ1n) is 4.16. The van der Waals surface area contributed by atoms with Crippen LogP contribution in [0.2, 0.25) is 0 Å². The third-order valence-electron chi connectivity index (χ3n) is 1.60. The van der Waals surface area contributed by atoms with Gasteiger partial charge in [-0.05, 0) is 11.6 Å². The molecular weight excluding hydrogens is 208 g/mol. The quantitative estimate of drug-likeness (QED) is 0.515. The SMILES string of the molecule is FC(=CC=Cc1ccccc1)C(F)(F)F. The second-order valence-corrected chi connectivity index (χ2v) is 2.78. The maximum absolute atomic E-state index is 12.3. The van der Waals surface area contributed by atoms with Gasteiger partial charge in [0.1, 0.15) is 0 Å². The van der Waals surface area contributed by atoms with E-state index in [1.165, 1.54) is 6.08 Å². The second-order valence-electron chi connectivity index (χ2n) is 2.78. The Morgan fingerprint density at radius 2 is 1.67 bits per heavy atom. The van der Waals surface area contributed by atoms with Crippen LogP contribution in [0.3, 0.4) is 0 Å². The Balaban J connectivity index is 2.69. The molecule has 0 aliphatic rings. The lowest BCUT2D eigenvalue weighted by Gasteiger charge is -1.99. The highest BCUT2D eigenvalue weighted by atomic mass is 19.4. The molecule has 0 unspecified atom stereocenters. The molecule has 0 fully saturated rings. The molecule has 1 rings (SSSR count). The van der Waals surface area contributed by atoms with Crippen LogP contribution in [0.1, 0.15) is 5.56 Å². The Morgan fingerprint density at radius 1 is 1.07 bits per heavy atom. The first-order valence-corrected chi connectivity index (χ1v) is 4.16. The van der Waals surface area contributed by atoms with E-state index < -0.39 is 12.0 Å². The molecule has 0 bridgehead atoms. The number of hydrogen-bond donors (Lipinski definition) is 0. The minimum absolute atomic E-state index is 0.396. The van der Waals surface area contributed by atoms with E-state index in [1.807, 2.05) is 0 Å². The fourth-order valence-electron chi connectivity index (χ4n) is 0.902. The predicted molar refractivity (Wildman–Crippen MR) is 50.7 cm³/mol. The van der Waals surface area contributed by atoms with E-state index in [0.717, 1.165) is 6.08 Å². The molecule has 0 aliphatic carbocycles. The molecule has 0 saturated heterocycles. The smallest absolute Gasteiger partial charge is 0.202 e. The summed E-state index contributed by atoms with van der Waals surface area (Å²) in [6.07, 6.45) is -2.09. The summed E-state index contributed by atoms with van der Waals surface area (Å²) in [7, 11) is 0. The molecule has 0 saturated carbocycles. The molecule has 0 spiro atoms. The van der Waals surface area contributed by atoms with Gasteiger partial charge in [0.05, 0.1) is 0 Å². The third-order valence-corrected chi connectivity index (χ3v) is 1.60. The van der Waals surface area contributed by atoms with Gasteiger partial charge in [0.15, 0.2) is 0 Å². The van der Waals surface area contributed by atoms with Gasteiger partial charge in [-0.3, -0.25) is 0 Å². The summed E-state index contributed by atoms with van der Waals surface area (Å²) in [6.45, 7) is 0. The molecule has 0 radical (unpaired) electrons. The van der Waals surface area contributed by atoms with Gasteiger partial charge in [0, 0.05) is 0 Å². The van der Waals surface area contributed by atoms with Crippen LogP contribution in [-0.4, -0.2) is 6.18 Å². The molecule has 0 atom stereocenters. The summed E-state index contributed by atoms with van der Waals surface area (Å²) in [5, 5.41) is 0. The average molecular weight is 216 g/mol. The Hall–Kier alpha value is -1.58. The standard InChI is InChI=1S/C11H8F4/c12-10(11(13,14)15)8-4-7-9-5-2-1-3-6-9/h1-8H. The monoisotopic (exact) mass is 216 g/mol. The van der Waals surface area contributed by atoms with Gasteiger partial charge in [0.25, 0.3) is 0 Å². The van der Waals surface area contributed by atoms with E-state index in [4.69, 9.17) is 0 Å².